The van der Waals surface area contributed by atoms with Gasteiger partial charge in [0.25, 0.3) is 0 Å². The molecule has 0 bridgehead atoms. The van der Waals surface area contributed by atoms with E-state index < -0.39 is 0 Å². The molecule has 5 N–H and O–H groups in total. The number of aryl methyl sites for hydroxylation is 1. The van der Waals surface area contributed by atoms with E-state index in [2.05, 4.69) is 30.8 Å². The molecule has 3 aromatic rings. The van der Waals surface area contributed by atoms with Gasteiger partial charge in [0.05, 0.1) is 6.61 Å². The van der Waals surface area contributed by atoms with E-state index in [1.165, 1.54) is 11.8 Å². The second kappa shape index (κ2) is 13.1. The van der Waals surface area contributed by atoms with Crippen LogP contribution in [0, 0.1) is 12.8 Å². The Morgan fingerprint density at radius 3 is 2.57 bits per heavy atom. The molecule has 0 unspecified atom stereocenters. The molecule has 1 aliphatic carbocycles. The summed E-state index contributed by atoms with van der Waals surface area (Å²) < 4.78 is 5.91. The van der Waals surface area contributed by atoms with Crippen LogP contribution in [-0.2, 0) is 9.59 Å². The van der Waals surface area contributed by atoms with Crippen LogP contribution in [0.3, 0.4) is 0 Å². The summed E-state index contributed by atoms with van der Waals surface area (Å²) in [7, 11) is 0. The van der Waals surface area contributed by atoms with E-state index >= 15 is 0 Å². The van der Waals surface area contributed by atoms with E-state index in [0.29, 0.717) is 42.1 Å². The number of ether oxygens (including phenoxy) is 1. The standard InChI is InChI=1S/C25H31N7O4S/c1-16-14-21(31-30-16)27-20-15-23(36-13-5-3-2-4-6-22(33)32-35)29-25(28-20)37-19-11-9-18(10-12-19)26-24(34)17-7-8-17/h9-12,14-15,17,35H,2-8,13H2,1H3,(H,26,34)(H,32,33)(H2,27,28,29,30,31). The first-order chi connectivity index (χ1) is 18.0. The number of unbranched alkanes of at least 4 members (excludes halogenated alkanes) is 3. The number of nitrogens with zero attached hydrogens (tertiary/aromatic N) is 3. The van der Waals surface area contributed by atoms with Crippen LogP contribution in [0.2, 0.25) is 0 Å². The van der Waals surface area contributed by atoms with Gasteiger partial charge in [0.15, 0.2) is 11.0 Å². The number of hydrogen-bond acceptors (Lipinski definition) is 9. The fourth-order valence-corrected chi connectivity index (χ4v) is 4.24. The summed E-state index contributed by atoms with van der Waals surface area (Å²) in [5.74, 6) is 1.51. The highest BCUT2D eigenvalue weighted by molar-refractivity contribution is 7.99. The summed E-state index contributed by atoms with van der Waals surface area (Å²) in [4.78, 5) is 33.1. The molecule has 37 heavy (non-hydrogen) atoms. The number of hydrogen-bond donors (Lipinski definition) is 5. The van der Waals surface area contributed by atoms with Crippen LogP contribution in [0.4, 0.5) is 17.3 Å². The van der Waals surface area contributed by atoms with Crippen LogP contribution in [0.15, 0.2) is 46.5 Å². The molecule has 196 valence electrons. The molecule has 0 radical (unpaired) electrons. The number of hydroxylamine groups is 1. The second-order valence-corrected chi connectivity index (χ2v) is 9.91. The minimum absolute atomic E-state index is 0.0774. The van der Waals surface area contributed by atoms with Crippen LogP contribution in [0.25, 0.3) is 0 Å². The van der Waals surface area contributed by atoms with Crippen molar-refractivity contribution >= 4 is 40.9 Å². The van der Waals surface area contributed by atoms with Crippen molar-refractivity contribution in [2.24, 2.45) is 5.92 Å². The van der Waals surface area contributed by atoms with Crippen LogP contribution < -0.4 is 20.9 Å². The summed E-state index contributed by atoms with van der Waals surface area (Å²) in [5, 5.41) is 22.3. The molecule has 1 fully saturated rings. The summed E-state index contributed by atoms with van der Waals surface area (Å²) in [6, 6.07) is 11.2. The first-order valence-corrected chi connectivity index (χ1v) is 13.1. The lowest BCUT2D eigenvalue weighted by atomic mass is 10.1. The van der Waals surface area contributed by atoms with Crippen molar-refractivity contribution in [3.63, 3.8) is 0 Å². The number of H-pyrrole nitrogens is 1. The summed E-state index contributed by atoms with van der Waals surface area (Å²) in [5.41, 5.74) is 3.34. The molecule has 0 spiro atoms. The average Bonchev–Trinajstić information content (AvgIpc) is 3.66. The molecule has 1 aliphatic rings. The van der Waals surface area contributed by atoms with Crippen molar-refractivity contribution in [3.05, 3.63) is 42.1 Å². The predicted octanol–water partition coefficient (Wildman–Crippen LogP) is 4.59. The van der Waals surface area contributed by atoms with Crippen LogP contribution in [0.1, 0.15) is 50.6 Å². The summed E-state index contributed by atoms with van der Waals surface area (Å²) in [6.45, 7) is 2.39. The second-order valence-electron chi connectivity index (χ2n) is 8.87. The molecule has 11 nitrogen and oxygen atoms in total. The van der Waals surface area contributed by atoms with E-state index in [1.807, 2.05) is 37.3 Å². The normalized spacial score (nSPS) is 12.7. The van der Waals surface area contributed by atoms with Gasteiger partial charge in [-0.15, -0.1) is 0 Å². The Kier molecular flexibility index (Phi) is 9.33. The smallest absolute Gasteiger partial charge is 0.243 e. The van der Waals surface area contributed by atoms with Gasteiger partial charge >= 0.3 is 0 Å². The fourth-order valence-electron chi connectivity index (χ4n) is 3.48. The van der Waals surface area contributed by atoms with Gasteiger partial charge in [-0.25, -0.2) is 10.5 Å². The zero-order valence-electron chi connectivity index (χ0n) is 20.6. The third kappa shape index (κ3) is 8.76. The van der Waals surface area contributed by atoms with Crippen molar-refractivity contribution in [2.75, 3.05) is 17.2 Å². The van der Waals surface area contributed by atoms with E-state index in [4.69, 9.17) is 9.94 Å². The Bertz CT molecular complexity index is 1200. The Morgan fingerprint density at radius 2 is 1.86 bits per heavy atom. The largest absolute Gasteiger partial charge is 0.478 e. The zero-order chi connectivity index (χ0) is 26.0. The SMILES string of the molecule is Cc1cc(Nc2cc(OCCCCCCC(=O)NO)nc(Sc3ccc(NC(=O)C4CC4)cc3)n2)n[nH]1. The number of aromatic nitrogens is 4. The number of anilines is 3. The van der Waals surface area contributed by atoms with Crippen molar-refractivity contribution < 1.29 is 19.5 Å². The van der Waals surface area contributed by atoms with Gasteiger partial charge in [0.2, 0.25) is 17.7 Å². The maximum Gasteiger partial charge on any atom is 0.243 e. The number of amides is 2. The fraction of sp³-hybridized carbons (Fsp3) is 0.400. The number of carbonyl (C=O) groups excluding carboxylic acids is 2. The Labute approximate surface area is 219 Å². The Morgan fingerprint density at radius 1 is 1.08 bits per heavy atom. The van der Waals surface area contributed by atoms with Crippen LogP contribution in [0.5, 0.6) is 5.88 Å². The summed E-state index contributed by atoms with van der Waals surface area (Å²) >= 11 is 1.39. The molecule has 0 aliphatic heterocycles. The molecule has 0 atom stereocenters. The maximum atomic E-state index is 12.0. The molecular weight excluding hydrogens is 494 g/mol. The lowest BCUT2D eigenvalue weighted by Gasteiger charge is -2.10. The lowest BCUT2D eigenvalue weighted by Crippen LogP contribution is -2.17. The molecule has 2 amide bonds. The number of nitrogens with one attached hydrogen (secondary N) is 4. The van der Waals surface area contributed by atoms with Crippen molar-refractivity contribution in [1.82, 2.24) is 25.6 Å². The molecule has 2 heterocycles. The quantitative estimate of drug-likeness (QED) is 0.0880. The van der Waals surface area contributed by atoms with Gasteiger partial charge in [-0.2, -0.15) is 10.1 Å². The predicted molar refractivity (Wildman–Crippen MR) is 139 cm³/mol. The third-order valence-electron chi connectivity index (χ3n) is 5.60. The number of carbonyl (C=O) groups is 2. The zero-order valence-corrected chi connectivity index (χ0v) is 21.4. The monoisotopic (exact) mass is 525 g/mol. The molecule has 1 aromatic carbocycles. The summed E-state index contributed by atoms with van der Waals surface area (Å²) in [6.07, 6.45) is 5.51. The minimum Gasteiger partial charge on any atom is -0.478 e. The van der Waals surface area contributed by atoms with Crippen LogP contribution in [-0.4, -0.2) is 43.8 Å². The first kappa shape index (κ1) is 26.4. The van der Waals surface area contributed by atoms with E-state index in [-0.39, 0.29) is 17.7 Å². The highest BCUT2D eigenvalue weighted by atomic mass is 32.2. The van der Waals surface area contributed by atoms with Gasteiger partial charge in [-0.05, 0) is 68.6 Å². The van der Waals surface area contributed by atoms with Gasteiger partial charge < -0.3 is 15.4 Å². The van der Waals surface area contributed by atoms with Gasteiger partial charge in [-0.1, -0.05) is 12.8 Å². The molecule has 0 saturated heterocycles. The van der Waals surface area contributed by atoms with E-state index in [1.54, 1.807) is 11.5 Å². The first-order valence-electron chi connectivity index (χ1n) is 12.3. The molecule has 1 saturated carbocycles. The van der Waals surface area contributed by atoms with Gasteiger partial charge in [0.1, 0.15) is 5.82 Å². The highest BCUT2D eigenvalue weighted by Crippen LogP contribution is 2.32. The highest BCUT2D eigenvalue weighted by Gasteiger charge is 2.29. The number of aromatic amines is 1. The van der Waals surface area contributed by atoms with Gasteiger partial charge in [-0.3, -0.25) is 19.9 Å². The van der Waals surface area contributed by atoms with Crippen molar-refractivity contribution in [3.8, 4) is 5.88 Å². The molecule has 12 heteroatoms. The van der Waals surface area contributed by atoms with Crippen LogP contribution >= 0.6 is 11.8 Å². The lowest BCUT2D eigenvalue weighted by molar-refractivity contribution is -0.129. The Balaban J connectivity index is 1.36. The minimum atomic E-state index is -0.368. The topological polar surface area (TPSA) is 154 Å². The van der Waals surface area contributed by atoms with E-state index in [9.17, 15) is 9.59 Å². The number of benzene rings is 1. The number of rotatable bonds is 14. The third-order valence-corrected chi connectivity index (χ3v) is 6.47. The van der Waals surface area contributed by atoms with E-state index in [0.717, 1.165) is 48.4 Å². The average molecular weight is 526 g/mol. The van der Waals surface area contributed by atoms with Crippen molar-refractivity contribution in [2.45, 2.75) is 61.9 Å². The molecule has 2 aromatic heterocycles. The molecular formula is C25H31N7O4S. The maximum absolute atomic E-state index is 12.0. The molecule has 4 rings (SSSR count). The van der Waals surface area contributed by atoms with Crippen molar-refractivity contribution in [1.29, 1.82) is 0 Å². The Hall–Kier alpha value is -3.64. The van der Waals surface area contributed by atoms with Gasteiger partial charge in [0, 0.05) is 40.7 Å².